The van der Waals surface area contributed by atoms with Crippen molar-refractivity contribution in [1.29, 1.82) is 0 Å². The number of benzene rings is 11. The van der Waals surface area contributed by atoms with Crippen LogP contribution in [0.15, 0.2) is 387 Å². The van der Waals surface area contributed by atoms with Gasteiger partial charge in [-0.25, -0.2) is 60.7 Å². The number of anilines is 4. The van der Waals surface area contributed by atoms with E-state index < -0.39 is 0 Å². The number of nitrogen functional groups attached to an aromatic ring is 4. The SMILES string of the molecule is C[n+]1c(N=Nc2c(N)n(-c3ccccc3)n(-c3ccccc3)c2=O)sc2ccccc21.C[n+]1ccsc1N=Nc1c(N)n(-c2ccccc2)n(-c2ccccc2)c1=O.Cn1c(N=Nc2c(N)n(-c3ccccc3)n(-c3ccccc3)c2=O)[n+](C)c2ccccc21.Cn1c(N=Nc2c(N)n(-c3ccccc3)n(-c3ccccc3)c2=O)nc2ccccc21. The second kappa shape index (κ2) is 34.5. The van der Waals surface area contributed by atoms with Crippen LogP contribution in [0.1, 0.15) is 0 Å². The fraction of sp³-hybridized carbons (Fsp3) is 0.0562. The Hall–Kier alpha value is -16.5. The first kappa shape index (κ1) is 78.4. The van der Waals surface area contributed by atoms with Gasteiger partial charge in [-0.15, -0.1) is 10.2 Å². The zero-order chi connectivity index (χ0) is 83.8. The predicted octanol–water partition coefficient (Wildman–Crippen LogP) is 16.6. The van der Waals surface area contributed by atoms with Crippen molar-refractivity contribution in [2.75, 3.05) is 22.9 Å². The molecule has 0 spiro atoms. The van der Waals surface area contributed by atoms with Gasteiger partial charge in [0.1, 0.15) is 22.7 Å². The van der Waals surface area contributed by atoms with Crippen LogP contribution in [0.3, 0.4) is 0 Å². The van der Waals surface area contributed by atoms with Gasteiger partial charge in [-0.3, -0.25) is 19.2 Å². The fourth-order valence-corrected chi connectivity index (χ4v) is 15.4. The van der Waals surface area contributed by atoms with Gasteiger partial charge >= 0.3 is 38.4 Å². The zero-order valence-electron chi connectivity index (χ0n) is 65.8. The summed E-state index contributed by atoms with van der Waals surface area (Å²) in [4.78, 5) is 57.8. The van der Waals surface area contributed by atoms with Crippen LogP contribution in [0.5, 0.6) is 0 Å². The average molecular weight is 1640 g/mol. The maximum atomic E-state index is 13.4. The molecule has 8 heterocycles. The number of azo groups is 4. The van der Waals surface area contributed by atoms with E-state index >= 15 is 0 Å². The first-order valence-corrected chi connectivity index (χ1v) is 39.5. The number of hydrogen-bond donors (Lipinski definition) is 4. The van der Waals surface area contributed by atoms with Gasteiger partial charge in [0, 0.05) is 17.5 Å². The van der Waals surface area contributed by atoms with E-state index in [1.54, 1.807) is 18.7 Å². The molecule has 30 nitrogen and oxygen atoms in total. The predicted molar refractivity (Wildman–Crippen MR) is 473 cm³/mol. The van der Waals surface area contributed by atoms with Crippen molar-refractivity contribution in [3.63, 3.8) is 0 Å². The molecule has 0 amide bonds. The van der Waals surface area contributed by atoms with E-state index in [9.17, 15) is 19.2 Å². The Morgan fingerprint density at radius 2 is 0.612 bits per heavy atom. The Labute approximate surface area is 697 Å². The van der Waals surface area contributed by atoms with Gasteiger partial charge in [-0.1, -0.05) is 187 Å². The monoisotopic (exact) mass is 1640 g/mol. The minimum absolute atomic E-state index is 0.0553. The molecule has 8 aromatic heterocycles. The molecule has 32 heteroatoms. The normalized spacial score (nSPS) is 11.5. The first-order valence-electron chi connectivity index (χ1n) is 37.8. The van der Waals surface area contributed by atoms with Crippen molar-refractivity contribution in [2.45, 2.75) is 0 Å². The van der Waals surface area contributed by atoms with E-state index in [0.29, 0.717) is 44.9 Å². The highest BCUT2D eigenvalue weighted by molar-refractivity contribution is 7.21. The summed E-state index contributed by atoms with van der Waals surface area (Å²) in [6.07, 6.45) is 1.87. The average Bonchev–Trinajstić information content (AvgIpc) is 1.62. The molecule has 121 heavy (non-hydrogen) atoms. The summed E-state index contributed by atoms with van der Waals surface area (Å²) in [6, 6.07) is 98.8. The molecular weight excluding hydrogens is 1560 g/mol. The van der Waals surface area contributed by atoms with E-state index in [1.807, 2.05) is 385 Å². The lowest BCUT2D eigenvalue weighted by molar-refractivity contribution is -0.654. The van der Waals surface area contributed by atoms with E-state index in [1.165, 1.54) is 41.4 Å². The summed E-state index contributed by atoms with van der Waals surface area (Å²) < 4.78 is 23.2. The highest BCUT2D eigenvalue weighted by Crippen LogP contribution is 2.34. The molecule has 0 aliphatic heterocycles. The Morgan fingerprint density at radius 3 is 0.959 bits per heavy atom. The van der Waals surface area contributed by atoms with Gasteiger partial charge in [-0.05, 0) is 166 Å². The van der Waals surface area contributed by atoms with Crippen molar-refractivity contribution < 1.29 is 13.7 Å². The second-order valence-electron chi connectivity index (χ2n) is 27.2. The van der Waals surface area contributed by atoms with Gasteiger partial charge in [-0.2, -0.15) is 0 Å². The van der Waals surface area contributed by atoms with E-state index in [4.69, 9.17) is 22.9 Å². The Morgan fingerprint density at radius 1 is 0.306 bits per heavy atom. The topological polar surface area (TPSA) is 345 Å². The molecule has 0 fully saturated rings. The number of aryl methyl sites for hydroxylation is 5. The summed E-state index contributed by atoms with van der Waals surface area (Å²) >= 11 is 2.94. The van der Waals surface area contributed by atoms with Crippen molar-refractivity contribution in [1.82, 2.24) is 51.6 Å². The number of nitrogens with zero attached hydrogens (tertiary/aromatic N) is 22. The molecule has 19 rings (SSSR count). The van der Waals surface area contributed by atoms with Gasteiger partial charge in [0.25, 0.3) is 0 Å². The van der Waals surface area contributed by atoms with Crippen LogP contribution in [0.4, 0.5) is 68.2 Å². The summed E-state index contributed by atoms with van der Waals surface area (Å²) in [6.45, 7) is 0. The second-order valence-corrected chi connectivity index (χ2v) is 29.1. The molecule has 0 aliphatic carbocycles. The smallest absolute Gasteiger partial charge is 0.382 e. The van der Waals surface area contributed by atoms with Gasteiger partial charge in [0.05, 0.1) is 99.7 Å². The minimum Gasteiger partial charge on any atom is -0.382 e. The van der Waals surface area contributed by atoms with Crippen molar-refractivity contribution in [2.24, 2.45) is 76.2 Å². The van der Waals surface area contributed by atoms with Crippen molar-refractivity contribution in [3.05, 3.63) is 368 Å². The van der Waals surface area contributed by atoms with Crippen LogP contribution in [-0.2, 0) is 35.2 Å². The molecular formula is C89H77N26O4S2+3. The molecule has 0 saturated carbocycles. The molecule has 0 radical (unpaired) electrons. The maximum Gasteiger partial charge on any atom is 0.422 e. The van der Waals surface area contributed by atoms with Crippen LogP contribution in [0.25, 0.3) is 77.8 Å². The maximum absolute atomic E-state index is 13.4. The molecule has 11 aromatic carbocycles. The van der Waals surface area contributed by atoms with Gasteiger partial charge in [0.15, 0.2) is 29.0 Å². The number of nitrogens with two attached hydrogens (primary N) is 4. The molecule has 0 saturated heterocycles. The molecule has 8 N–H and O–H groups in total. The lowest BCUT2D eigenvalue weighted by Crippen LogP contribution is -2.26. The summed E-state index contributed by atoms with van der Waals surface area (Å²) in [7, 11) is 9.47. The van der Waals surface area contributed by atoms with Crippen LogP contribution in [0.2, 0.25) is 0 Å². The Kier molecular flexibility index (Phi) is 22.4. The largest absolute Gasteiger partial charge is 0.422 e. The van der Waals surface area contributed by atoms with E-state index in [-0.39, 0.29) is 68.3 Å². The Balaban J connectivity index is 0.000000120. The van der Waals surface area contributed by atoms with Gasteiger partial charge in [0.2, 0.25) is 23.0 Å². The fourth-order valence-electron chi connectivity index (χ4n) is 13.7. The number of hydrogen-bond acceptors (Lipinski definition) is 19. The zero-order valence-corrected chi connectivity index (χ0v) is 67.4. The number of aromatic nitrogens is 14. The third kappa shape index (κ3) is 15.5. The molecule has 0 unspecified atom stereocenters. The standard InChI is InChI=1S/C24H21N7O.C23H19N7O.C23H18N6OS.C19H16N6OS/c1-28-19-15-9-10-16-20(19)29(2)24(28)27-26-21-22(25)30(17-11-5-3-6-12-17)31(23(21)32)18-13-7-4-8-14-18;1-28-19-15-9-8-14-18(19)25-23(28)27-26-20-21(24)29(16-10-4-2-5-11-16)30(22(20)31)17-12-6-3-7-13-17;1-27-18-14-8-9-15-19(18)31-23(27)26-25-20-21(24)28(16-10-4-2-5-11-16)29(22(20)30)17-12-6-3-7-13-17;1-23-12-13-27-19(23)22-21-16-17(20)24(14-8-4-2-5-9-14)25(18(16)26)15-10-6-3-7-11-15/h3-16,25H,1-2H3;2-15H,24H2,1H3;2-15,24H,1H3;2-13,20H,1H3/p+3. The Bertz CT molecular complexity index is 7080. The molecule has 0 aliphatic rings. The van der Waals surface area contributed by atoms with Crippen LogP contribution >= 0.6 is 22.7 Å². The number of imidazole rings is 2. The minimum atomic E-state index is -0.366. The number of thiazole rings is 2. The quantitative estimate of drug-likeness (QED) is 0.0527. The highest BCUT2D eigenvalue weighted by Gasteiger charge is 2.29. The summed E-state index contributed by atoms with van der Waals surface area (Å²) in [5.41, 5.74) is 35.2. The van der Waals surface area contributed by atoms with Crippen LogP contribution in [0, 0.1) is 0 Å². The number of rotatable bonds is 16. The molecule has 0 bridgehead atoms. The molecule has 596 valence electrons. The van der Waals surface area contributed by atoms with Crippen LogP contribution < -0.4 is 58.9 Å². The van der Waals surface area contributed by atoms with E-state index in [0.717, 1.165) is 55.0 Å². The molecule has 0 atom stereocenters. The lowest BCUT2D eigenvalue weighted by atomic mass is 10.3. The first-order chi connectivity index (χ1) is 59.0. The van der Waals surface area contributed by atoms with Crippen LogP contribution in [-0.4, -0.2) is 51.6 Å². The summed E-state index contributed by atoms with van der Waals surface area (Å²) in [5.74, 6) is 1.87. The highest BCUT2D eigenvalue weighted by atomic mass is 32.1. The number of para-hydroxylation sites is 13. The van der Waals surface area contributed by atoms with Crippen molar-refractivity contribution >= 4 is 123 Å². The number of fused-ring (bicyclic) bond motifs is 3. The third-order valence-corrected chi connectivity index (χ3v) is 21.6. The molecule has 19 aromatic rings. The third-order valence-electron chi connectivity index (χ3n) is 19.7. The summed E-state index contributed by atoms with van der Waals surface area (Å²) in [5, 5.41) is 37.5. The van der Waals surface area contributed by atoms with Crippen molar-refractivity contribution in [3.8, 4) is 45.5 Å². The van der Waals surface area contributed by atoms with E-state index in [2.05, 4.69) is 45.9 Å². The van der Waals surface area contributed by atoms with Gasteiger partial charge < -0.3 is 27.5 Å². The lowest BCUT2D eigenvalue weighted by Gasteiger charge is -2.12.